The van der Waals surface area contributed by atoms with Crippen molar-refractivity contribution in [2.45, 2.75) is 6.54 Å². The van der Waals surface area contributed by atoms with Crippen LogP contribution < -0.4 is 14.3 Å². The Balaban J connectivity index is 1.66. The number of rotatable bonds is 5. The van der Waals surface area contributed by atoms with Gasteiger partial charge in [0.25, 0.3) is 5.91 Å². The van der Waals surface area contributed by atoms with Crippen LogP contribution in [-0.4, -0.2) is 28.4 Å². The Morgan fingerprint density at radius 2 is 1.93 bits per heavy atom. The maximum atomic E-state index is 14.3. The number of benzene rings is 2. The summed E-state index contributed by atoms with van der Waals surface area (Å²) in [6.45, 7) is 0.474. The molecule has 0 spiro atoms. The number of carbonyl (C=O) groups excluding carboxylic acids is 1. The van der Waals surface area contributed by atoms with Crippen molar-refractivity contribution in [2.24, 2.45) is 0 Å². The first kappa shape index (κ1) is 19.4. The predicted molar refractivity (Wildman–Crippen MR) is 119 cm³/mol. The molecule has 142 valence electrons. The molecule has 2 radical (unpaired) electrons. The molecule has 0 bridgehead atoms. The van der Waals surface area contributed by atoms with Gasteiger partial charge in [-0.25, -0.2) is 9.37 Å². The Kier molecular flexibility index (Phi) is 5.48. The first-order valence-electron chi connectivity index (χ1n) is 8.70. The van der Waals surface area contributed by atoms with Gasteiger partial charge < -0.3 is 5.32 Å². The second kappa shape index (κ2) is 8.20. The fraction of sp³-hybridized carbons (Fsp3) is 0.0500. The van der Waals surface area contributed by atoms with E-state index in [-0.39, 0.29) is 11.7 Å². The second-order valence-electron chi connectivity index (χ2n) is 6.32. The first-order valence-corrected chi connectivity index (χ1v) is 9.77. The fourth-order valence-corrected chi connectivity index (χ4v) is 3.25. The Hall–Kier alpha value is -2.95. The molecular weight excluding hydrogens is 483 g/mol. The molecule has 0 fully saturated rings. The molecule has 0 atom stereocenters. The third kappa shape index (κ3) is 3.95. The van der Waals surface area contributed by atoms with Gasteiger partial charge in [-0.3, -0.25) is 8.32 Å². The molecular formula is C20H14BFIN5O. The minimum Gasteiger partial charge on any atom is -0.366 e. The molecule has 4 rings (SSSR count). The highest BCUT2D eigenvalue weighted by Gasteiger charge is 2.13. The highest BCUT2D eigenvalue weighted by Crippen LogP contribution is 2.24. The van der Waals surface area contributed by atoms with E-state index in [1.807, 2.05) is 12.1 Å². The Morgan fingerprint density at radius 3 is 2.66 bits per heavy atom. The van der Waals surface area contributed by atoms with Gasteiger partial charge in [0.05, 0.1) is 28.6 Å². The zero-order valence-electron chi connectivity index (χ0n) is 15.1. The topological polar surface area (TPSA) is 71.3 Å². The quantitative estimate of drug-likeness (QED) is 0.253. The molecule has 0 saturated carbocycles. The van der Waals surface area contributed by atoms with E-state index >= 15 is 0 Å². The third-order valence-corrected chi connectivity index (χ3v) is 4.91. The lowest BCUT2D eigenvalue weighted by Gasteiger charge is -2.12. The minimum atomic E-state index is -0.363. The zero-order valence-corrected chi connectivity index (χ0v) is 17.2. The summed E-state index contributed by atoms with van der Waals surface area (Å²) in [7, 11) is 5.99. The van der Waals surface area contributed by atoms with E-state index in [2.05, 4.69) is 18.9 Å². The summed E-state index contributed by atoms with van der Waals surface area (Å²) in [5, 5.41) is 7.55. The zero-order chi connectivity index (χ0) is 20.4. The van der Waals surface area contributed by atoms with Crippen molar-refractivity contribution in [3.05, 3.63) is 77.7 Å². The monoisotopic (exact) mass is 497 g/mol. The van der Waals surface area contributed by atoms with E-state index in [1.165, 1.54) is 12.3 Å². The van der Waals surface area contributed by atoms with E-state index in [1.54, 1.807) is 63.8 Å². The van der Waals surface area contributed by atoms with Crippen molar-refractivity contribution in [3.63, 3.8) is 0 Å². The molecule has 6 nitrogen and oxygen atoms in total. The lowest BCUT2D eigenvalue weighted by atomic mass is 10.0. The smallest absolute Gasteiger partial charge is 0.259 e. The number of aromatic nitrogens is 3. The summed E-state index contributed by atoms with van der Waals surface area (Å²) >= 11 is 1.81. The summed E-state index contributed by atoms with van der Waals surface area (Å²) < 4.78 is 18.4. The van der Waals surface area contributed by atoms with Gasteiger partial charge in [0.15, 0.2) is 5.65 Å². The number of halogens is 2. The van der Waals surface area contributed by atoms with E-state index in [0.717, 1.165) is 5.56 Å². The van der Waals surface area contributed by atoms with Crippen molar-refractivity contribution >= 4 is 53.5 Å². The van der Waals surface area contributed by atoms with Gasteiger partial charge in [0, 0.05) is 29.9 Å². The Morgan fingerprint density at radius 1 is 1.17 bits per heavy atom. The third-order valence-electron chi connectivity index (χ3n) is 4.42. The molecule has 2 heterocycles. The van der Waals surface area contributed by atoms with Crippen molar-refractivity contribution in [2.75, 3.05) is 5.32 Å². The number of fused-ring (bicyclic) bond motifs is 1. The molecule has 29 heavy (non-hydrogen) atoms. The van der Waals surface area contributed by atoms with Crippen molar-refractivity contribution in [3.8, 4) is 11.3 Å². The minimum absolute atomic E-state index is 0.150. The van der Waals surface area contributed by atoms with Gasteiger partial charge in [-0.15, -0.1) is 0 Å². The van der Waals surface area contributed by atoms with Crippen molar-refractivity contribution < 1.29 is 9.18 Å². The van der Waals surface area contributed by atoms with Gasteiger partial charge in [0.2, 0.25) is 0 Å². The second-order valence-corrected chi connectivity index (χ2v) is 6.86. The van der Waals surface area contributed by atoms with Crippen LogP contribution in [0.1, 0.15) is 15.9 Å². The number of nitrogens with zero attached hydrogens (tertiary/aromatic N) is 3. The van der Waals surface area contributed by atoms with Gasteiger partial charge in [0.1, 0.15) is 19.5 Å². The van der Waals surface area contributed by atoms with Crippen molar-refractivity contribution in [1.82, 2.24) is 18.1 Å². The summed E-state index contributed by atoms with van der Waals surface area (Å²) in [4.78, 5) is 16.1. The molecule has 0 aliphatic rings. The van der Waals surface area contributed by atoms with Crippen LogP contribution in [0.2, 0.25) is 0 Å². The van der Waals surface area contributed by atoms with E-state index in [0.29, 0.717) is 40.3 Å². The maximum absolute atomic E-state index is 14.3. The molecule has 0 saturated heterocycles. The molecule has 1 amide bonds. The average Bonchev–Trinajstić information content (AvgIpc) is 3.13. The normalized spacial score (nSPS) is 10.8. The van der Waals surface area contributed by atoms with Crippen LogP contribution in [-0.2, 0) is 6.54 Å². The molecule has 4 aromatic rings. The van der Waals surface area contributed by atoms with E-state index < -0.39 is 0 Å². The highest BCUT2D eigenvalue weighted by atomic mass is 127. The standard InChI is InChI=1S/C20H14BFIN5O/c21-15-11-25-28-18(24-10-12-5-7-13(8-6-12)20(29)27-23)9-17(26-19(15)28)14-3-1-2-4-16(14)22/h1-9,11,24H,10H2,(H,27,29). The lowest BCUT2D eigenvalue weighted by Crippen LogP contribution is -2.12. The number of hydrogen-bond donors (Lipinski definition) is 2. The molecule has 0 unspecified atom stereocenters. The van der Waals surface area contributed by atoms with Crippen LogP contribution in [0.5, 0.6) is 0 Å². The largest absolute Gasteiger partial charge is 0.366 e. The van der Waals surface area contributed by atoms with Crippen LogP contribution >= 0.6 is 22.9 Å². The van der Waals surface area contributed by atoms with Crippen LogP contribution in [0.15, 0.2) is 60.8 Å². The first-order chi connectivity index (χ1) is 14.1. The maximum Gasteiger partial charge on any atom is 0.259 e. The summed E-state index contributed by atoms with van der Waals surface area (Å²) in [5.41, 5.74) is 3.23. The Bertz CT molecular complexity index is 1200. The highest BCUT2D eigenvalue weighted by molar-refractivity contribution is 14.1. The SMILES string of the molecule is [B]c1cnn2c(NCc3ccc(C(=O)NI)cc3)cc(-c3ccccc3F)nc12. The van der Waals surface area contributed by atoms with Crippen molar-refractivity contribution in [1.29, 1.82) is 0 Å². The summed E-state index contributed by atoms with van der Waals surface area (Å²) in [5.74, 6) is 0.110. The fourth-order valence-electron chi connectivity index (χ4n) is 2.93. The van der Waals surface area contributed by atoms with Gasteiger partial charge in [-0.1, -0.05) is 24.3 Å². The number of anilines is 1. The van der Waals surface area contributed by atoms with Crippen LogP contribution in [0.25, 0.3) is 16.9 Å². The van der Waals surface area contributed by atoms with E-state index in [9.17, 15) is 9.18 Å². The molecule has 0 aliphatic heterocycles. The van der Waals surface area contributed by atoms with Gasteiger partial charge >= 0.3 is 0 Å². The van der Waals surface area contributed by atoms with E-state index in [4.69, 9.17) is 7.85 Å². The summed E-state index contributed by atoms with van der Waals surface area (Å²) in [6, 6.07) is 15.4. The summed E-state index contributed by atoms with van der Waals surface area (Å²) in [6.07, 6.45) is 1.51. The Labute approximate surface area is 181 Å². The van der Waals surface area contributed by atoms with Gasteiger partial charge in [-0.05, 0) is 35.3 Å². The average molecular weight is 497 g/mol. The molecule has 2 N–H and O–H groups in total. The molecule has 2 aromatic carbocycles. The molecule has 0 aliphatic carbocycles. The molecule has 9 heteroatoms. The number of hydrogen-bond acceptors (Lipinski definition) is 4. The predicted octanol–water partition coefficient (Wildman–Crippen LogP) is 3.02. The number of nitrogens with one attached hydrogen (secondary N) is 2. The van der Waals surface area contributed by atoms with Crippen LogP contribution in [0.4, 0.5) is 10.2 Å². The van der Waals surface area contributed by atoms with Crippen LogP contribution in [0.3, 0.4) is 0 Å². The van der Waals surface area contributed by atoms with Crippen LogP contribution in [0, 0.1) is 5.82 Å². The number of carbonyl (C=O) groups is 1. The van der Waals surface area contributed by atoms with Gasteiger partial charge in [-0.2, -0.15) is 9.61 Å². The lowest BCUT2D eigenvalue weighted by molar-refractivity contribution is 0.0989. The number of amides is 1. The molecule has 2 aromatic heterocycles.